The zero-order valence-corrected chi connectivity index (χ0v) is 18.7. The summed E-state index contributed by atoms with van der Waals surface area (Å²) in [6.07, 6.45) is 29.5. The fraction of sp³-hybridized carbons (Fsp3) is 0.923. The summed E-state index contributed by atoms with van der Waals surface area (Å²) in [5, 5.41) is 0. The average molecular weight is 376 g/mol. The largest absolute Gasteiger partial charge is 0.328 e. The lowest BCUT2D eigenvalue weighted by atomic mass is 9.59. The van der Waals surface area contributed by atoms with Gasteiger partial charge in [0.1, 0.15) is 0 Å². The second-order valence-electron chi connectivity index (χ2n) is 10.0. The lowest BCUT2D eigenvalue weighted by Gasteiger charge is -2.48. The molecule has 2 fully saturated rings. The van der Waals surface area contributed by atoms with Crippen LogP contribution in [0, 0.1) is 11.3 Å². The van der Waals surface area contributed by atoms with E-state index in [9.17, 15) is 0 Å². The molecule has 0 aromatic heterocycles. The minimum atomic E-state index is 0.534. The van der Waals surface area contributed by atoms with Crippen molar-refractivity contribution in [2.75, 3.05) is 0 Å². The number of allylic oxidation sites excluding steroid dienone is 2. The highest BCUT2D eigenvalue weighted by atomic mass is 14.7. The zero-order valence-electron chi connectivity index (χ0n) is 18.7. The number of hydrogen-bond donors (Lipinski definition) is 1. The van der Waals surface area contributed by atoms with Gasteiger partial charge in [-0.25, -0.2) is 0 Å². The van der Waals surface area contributed by atoms with Gasteiger partial charge >= 0.3 is 0 Å². The van der Waals surface area contributed by atoms with Crippen LogP contribution >= 0.6 is 0 Å². The second kappa shape index (κ2) is 13.0. The van der Waals surface area contributed by atoms with Crippen LogP contribution in [-0.2, 0) is 0 Å². The minimum Gasteiger partial charge on any atom is -0.328 e. The number of unbranched alkanes of at least 4 members (excludes halogenated alkanes) is 10. The molecule has 0 aliphatic heterocycles. The Morgan fingerprint density at radius 2 is 1.56 bits per heavy atom. The monoisotopic (exact) mass is 375 g/mol. The lowest BCUT2D eigenvalue weighted by Crippen LogP contribution is -2.48. The molecule has 1 spiro atoms. The van der Waals surface area contributed by atoms with Crippen molar-refractivity contribution in [1.29, 1.82) is 0 Å². The maximum absolute atomic E-state index is 6.08. The van der Waals surface area contributed by atoms with E-state index in [2.05, 4.69) is 19.9 Å². The molecule has 158 valence electrons. The normalized spacial score (nSPS) is 28.0. The first kappa shape index (κ1) is 23.0. The molecular formula is C26H49N. The van der Waals surface area contributed by atoms with Crippen LogP contribution in [0.1, 0.15) is 136 Å². The molecule has 1 unspecified atom stereocenters. The Labute approximate surface area is 171 Å². The number of nitrogens with two attached hydrogens (primary N) is 1. The molecule has 0 amide bonds. The predicted octanol–water partition coefficient (Wildman–Crippen LogP) is 8.32. The van der Waals surface area contributed by atoms with E-state index in [1.54, 1.807) is 5.57 Å². The fourth-order valence-corrected chi connectivity index (χ4v) is 5.86. The van der Waals surface area contributed by atoms with Gasteiger partial charge in [-0.15, -0.1) is 0 Å². The van der Waals surface area contributed by atoms with Crippen LogP contribution in [0.4, 0.5) is 0 Å². The Kier molecular flexibility index (Phi) is 11.1. The standard InChI is InChI=1S/C26H49N/c1-3-4-16-23(2)17-13-11-9-7-5-6-8-10-12-14-18-24-19-15-20-26(24)21-25(27)22-26/h17,24-25H,3-16,18-22,27H2,1-2H3/b23-17-. The van der Waals surface area contributed by atoms with Crippen LogP contribution in [0.3, 0.4) is 0 Å². The highest BCUT2D eigenvalue weighted by Crippen LogP contribution is 2.57. The molecule has 1 atom stereocenters. The van der Waals surface area contributed by atoms with Crippen molar-refractivity contribution in [3.05, 3.63) is 11.6 Å². The van der Waals surface area contributed by atoms with Gasteiger partial charge in [-0.1, -0.05) is 82.8 Å². The first-order valence-corrected chi connectivity index (χ1v) is 12.6. The Morgan fingerprint density at radius 1 is 0.926 bits per heavy atom. The Morgan fingerprint density at radius 3 is 2.19 bits per heavy atom. The van der Waals surface area contributed by atoms with Crippen molar-refractivity contribution >= 4 is 0 Å². The summed E-state index contributed by atoms with van der Waals surface area (Å²) >= 11 is 0. The Balaban J connectivity index is 1.34. The van der Waals surface area contributed by atoms with Gasteiger partial charge in [0.15, 0.2) is 0 Å². The van der Waals surface area contributed by atoms with Gasteiger partial charge < -0.3 is 5.73 Å². The molecule has 0 aromatic rings. The molecule has 0 heterocycles. The van der Waals surface area contributed by atoms with Crippen molar-refractivity contribution in [2.24, 2.45) is 17.1 Å². The first-order valence-electron chi connectivity index (χ1n) is 12.6. The number of rotatable bonds is 15. The zero-order chi connectivity index (χ0) is 19.4. The van der Waals surface area contributed by atoms with E-state index in [-0.39, 0.29) is 0 Å². The summed E-state index contributed by atoms with van der Waals surface area (Å²) in [6.45, 7) is 4.59. The minimum absolute atomic E-state index is 0.534. The predicted molar refractivity (Wildman–Crippen MR) is 121 cm³/mol. The smallest absolute Gasteiger partial charge is 0.00496 e. The van der Waals surface area contributed by atoms with Crippen LogP contribution in [0.15, 0.2) is 11.6 Å². The van der Waals surface area contributed by atoms with Gasteiger partial charge in [-0.3, -0.25) is 0 Å². The van der Waals surface area contributed by atoms with E-state index < -0.39 is 0 Å². The quantitative estimate of drug-likeness (QED) is 0.226. The number of hydrogen-bond acceptors (Lipinski definition) is 1. The summed E-state index contributed by atoms with van der Waals surface area (Å²) in [4.78, 5) is 0. The third-order valence-corrected chi connectivity index (χ3v) is 7.60. The highest BCUT2D eigenvalue weighted by Gasteiger charge is 2.49. The second-order valence-corrected chi connectivity index (χ2v) is 10.0. The Hall–Kier alpha value is -0.300. The van der Waals surface area contributed by atoms with Crippen molar-refractivity contribution in [2.45, 2.75) is 142 Å². The van der Waals surface area contributed by atoms with Crippen LogP contribution < -0.4 is 5.73 Å². The van der Waals surface area contributed by atoms with Crippen LogP contribution in [0.2, 0.25) is 0 Å². The molecule has 2 aliphatic carbocycles. The lowest BCUT2D eigenvalue weighted by molar-refractivity contribution is 0.0494. The van der Waals surface area contributed by atoms with Gasteiger partial charge in [0.2, 0.25) is 0 Å². The van der Waals surface area contributed by atoms with Gasteiger partial charge in [-0.05, 0) is 76.0 Å². The van der Waals surface area contributed by atoms with Crippen LogP contribution in [-0.4, -0.2) is 6.04 Å². The molecule has 27 heavy (non-hydrogen) atoms. The van der Waals surface area contributed by atoms with Crippen molar-refractivity contribution < 1.29 is 0 Å². The summed E-state index contributed by atoms with van der Waals surface area (Å²) in [5.74, 6) is 1.02. The van der Waals surface area contributed by atoms with Crippen molar-refractivity contribution in [3.8, 4) is 0 Å². The molecule has 0 radical (unpaired) electrons. The molecule has 2 saturated carbocycles. The van der Waals surface area contributed by atoms with Crippen LogP contribution in [0.5, 0.6) is 0 Å². The fourth-order valence-electron chi connectivity index (χ4n) is 5.86. The van der Waals surface area contributed by atoms with Crippen molar-refractivity contribution in [3.63, 3.8) is 0 Å². The first-order chi connectivity index (χ1) is 13.2. The third-order valence-electron chi connectivity index (χ3n) is 7.60. The maximum atomic E-state index is 6.08. The molecular weight excluding hydrogens is 326 g/mol. The summed E-state index contributed by atoms with van der Waals surface area (Å²) in [5.41, 5.74) is 8.41. The van der Waals surface area contributed by atoms with Gasteiger partial charge in [0, 0.05) is 6.04 Å². The molecule has 2 rings (SSSR count). The van der Waals surface area contributed by atoms with E-state index in [0.717, 1.165) is 5.92 Å². The topological polar surface area (TPSA) is 26.0 Å². The molecule has 0 saturated heterocycles. The van der Waals surface area contributed by atoms with E-state index in [4.69, 9.17) is 5.73 Å². The maximum Gasteiger partial charge on any atom is 0.00496 e. The molecule has 2 N–H and O–H groups in total. The molecule has 2 aliphatic rings. The average Bonchev–Trinajstić information content (AvgIpc) is 3.04. The van der Waals surface area contributed by atoms with Gasteiger partial charge in [0.25, 0.3) is 0 Å². The van der Waals surface area contributed by atoms with Crippen LogP contribution in [0.25, 0.3) is 0 Å². The van der Waals surface area contributed by atoms with Gasteiger partial charge in [0.05, 0.1) is 0 Å². The summed E-state index contributed by atoms with van der Waals surface area (Å²) in [6, 6.07) is 0.534. The molecule has 0 aromatic carbocycles. The van der Waals surface area contributed by atoms with E-state index in [0.29, 0.717) is 11.5 Å². The third kappa shape index (κ3) is 8.30. The van der Waals surface area contributed by atoms with E-state index >= 15 is 0 Å². The van der Waals surface area contributed by atoms with Gasteiger partial charge in [-0.2, -0.15) is 0 Å². The van der Waals surface area contributed by atoms with E-state index in [1.807, 2.05) is 0 Å². The molecule has 1 nitrogen and oxygen atoms in total. The Bertz CT molecular complexity index is 404. The summed E-state index contributed by atoms with van der Waals surface area (Å²) < 4.78 is 0. The van der Waals surface area contributed by atoms with Crippen molar-refractivity contribution in [1.82, 2.24) is 0 Å². The van der Waals surface area contributed by atoms with E-state index in [1.165, 1.54) is 122 Å². The SMILES string of the molecule is CCCC/C(C)=C\CCCCCCCCCCCC1CCCC12CC(N)C2. The summed E-state index contributed by atoms with van der Waals surface area (Å²) in [7, 11) is 0. The molecule has 0 bridgehead atoms. The highest BCUT2D eigenvalue weighted by molar-refractivity contribution is 5.03. The molecule has 1 heteroatoms.